The van der Waals surface area contributed by atoms with Crippen LogP contribution in [-0.2, 0) is 11.2 Å². The van der Waals surface area contributed by atoms with Crippen LogP contribution in [0.2, 0.25) is 5.02 Å². The van der Waals surface area contributed by atoms with Gasteiger partial charge in [0, 0.05) is 12.1 Å². The number of anilines is 1. The molecule has 0 unspecified atom stereocenters. The average molecular weight is 458 g/mol. The fourth-order valence-electron chi connectivity index (χ4n) is 3.53. The third-order valence-electron chi connectivity index (χ3n) is 5.26. The molecule has 2 N–H and O–H groups in total. The molecule has 1 aliphatic rings. The Balaban J connectivity index is 1.71. The van der Waals surface area contributed by atoms with Crippen molar-refractivity contribution in [1.29, 1.82) is 0 Å². The van der Waals surface area contributed by atoms with Crippen molar-refractivity contribution in [2.45, 2.75) is 43.6 Å². The minimum absolute atomic E-state index is 0.115. The summed E-state index contributed by atoms with van der Waals surface area (Å²) in [5.74, 6) is 1.28. The topological polar surface area (TPSA) is 81.1 Å². The first-order chi connectivity index (χ1) is 14.9. The van der Waals surface area contributed by atoms with Gasteiger partial charge in [0.2, 0.25) is 11.1 Å². The van der Waals surface area contributed by atoms with Gasteiger partial charge in [-0.1, -0.05) is 48.5 Å². The number of methoxy groups -OCH3 is 1. The summed E-state index contributed by atoms with van der Waals surface area (Å²) < 4.78 is 7.14. The van der Waals surface area contributed by atoms with E-state index in [0.717, 1.165) is 34.6 Å². The van der Waals surface area contributed by atoms with Crippen LogP contribution in [0.1, 0.15) is 35.5 Å². The monoisotopic (exact) mass is 457 g/mol. The van der Waals surface area contributed by atoms with Gasteiger partial charge in [0.15, 0.2) is 5.82 Å². The Morgan fingerprint density at radius 3 is 2.77 bits per heavy atom. The molecule has 1 aromatic heterocycles. The van der Waals surface area contributed by atoms with Crippen molar-refractivity contribution < 1.29 is 9.53 Å². The van der Waals surface area contributed by atoms with Crippen molar-refractivity contribution in [3.05, 3.63) is 63.9 Å². The molecule has 0 saturated heterocycles. The van der Waals surface area contributed by atoms with Crippen molar-refractivity contribution in [1.82, 2.24) is 14.9 Å². The van der Waals surface area contributed by atoms with Gasteiger partial charge in [0.05, 0.1) is 18.2 Å². The van der Waals surface area contributed by atoms with E-state index in [9.17, 15) is 4.79 Å². The van der Waals surface area contributed by atoms with Crippen molar-refractivity contribution in [3.8, 4) is 5.75 Å². The molecule has 1 aliphatic heterocycles. The fourth-order valence-corrected chi connectivity index (χ4v) is 4.89. The first-order valence-electron chi connectivity index (χ1n) is 10.00. The van der Waals surface area contributed by atoms with Crippen molar-refractivity contribution in [2.75, 3.05) is 17.9 Å². The number of aromatic nitrogens is 3. The molecule has 0 aliphatic carbocycles. The molecular formula is C22H24ClN5O2S. The molecule has 9 heteroatoms. The van der Waals surface area contributed by atoms with Gasteiger partial charge in [0.25, 0.3) is 0 Å². The van der Waals surface area contributed by atoms with Crippen molar-refractivity contribution >= 4 is 35.0 Å². The van der Waals surface area contributed by atoms with E-state index in [0.29, 0.717) is 15.9 Å². The summed E-state index contributed by atoms with van der Waals surface area (Å²) in [7, 11) is 1.58. The number of carbonyl (C=O) groups excluding carboxylic acids is 1. The molecule has 0 bridgehead atoms. The second-order valence-corrected chi connectivity index (χ2v) is 8.95. The number of benzene rings is 2. The molecule has 0 saturated carbocycles. The molecule has 3 aromatic rings. The van der Waals surface area contributed by atoms with Gasteiger partial charge < -0.3 is 15.5 Å². The summed E-state index contributed by atoms with van der Waals surface area (Å²) in [6, 6.07) is 11.2. The second kappa shape index (κ2) is 8.80. The predicted molar refractivity (Wildman–Crippen MR) is 124 cm³/mol. The van der Waals surface area contributed by atoms with Crippen LogP contribution in [0.5, 0.6) is 5.75 Å². The van der Waals surface area contributed by atoms with Crippen LogP contribution in [0.15, 0.2) is 41.6 Å². The predicted octanol–water partition coefficient (Wildman–Crippen LogP) is 4.52. The zero-order valence-electron chi connectivity index (χ0n) is 17.8. The van der Waals surface area contributed by atoms with Gasteiger partial charge in [-0.15, -0.1) is 10.2 Å². The maximum atomic E-state index is 13.4. The van der Waals surface area contributed by atoms with Crippen LogP contribution in [0.3, 0.4) is 0 Å². The standard InChI is InChI=1S/C22H24ClN5O2S/c1-5-18-25-26-22-28(18)27-19(14-8-9-17(30-4)15(23)11-14)20(31-22)21(29)24-16-10-12(2)6-7-13(16)3/h6-11,19-20,27H,5H2,1-4H3,(H,24,29)/t19-,20-/m0/s1. The smallest absolute Gasteiger partial charge is 0.240 e. The Hall–Kier alpha value is -2.71. The van der Waals surface area contributed by atoms with Crippen molar-refractivity contribution in [3.63, 3.8) is 0 Å². The molecule has 2 atom stereocenters. The lowest BCUT2D eigenvalue weighted by Gasteiger charge is -2.33. The quantitative estimate of drug-likeness (QED) is 0.586. The zero-order valence-corrected chi connectivity index (χ0v) is 19.3. The minimum Gasteiger partial charge on any atom is -0.495 e. The molecule has 1 amide bonds. The van der Waals surface area contributed by atoms with E-state index in [4.69, 9.17) is 16.3 Å². The number of ether oxygens (including phenoxy) is 1. The number of thioether (sulfide) groups is 1. The number of hydrogen-bond donors (Lipinski definition) is 2. The first-order valence-corrected chi connectivity index (χ1v) is 11.3. The number of fused-ring (bicyclic) bond motifs is 1. The first kappa shape index (κ1) is 21.5. The number of carbonyl (C=O) groups is 1. The van der Waals surface area contributed by atoms with E-state index in [1.54, 1.807) is 7.11 Å². The summed E-state index contributed by atoms with van der Waals surface area (Å²) >= 11 is 7.78. The maximum absolute atomic E-state index is 13.4. The van der Waals surface area contributed by atoms with Gasteiger partial charge in [0.1, 0.15) is 11.0 Å². The molecule has 7 nitrogen and oxygen atoms in total. The van der Waals surface area contributed by atoms with Gasteiger partial charge in [-0.05, 0) is 48.7 Å². The average Bonchev–Trinajstić information content (AvgIpc) is 3.17. The number of rotatable bonds is 5. The highest BCUT2D eigenvalue weighted by Gasteiger charge is 2.38. The van der Waals surface area contributed by atoms with E-state index >= 15 is 0 Å². The normalized spacial score (nSPS) is 17.6. The summed E-state index contributed by atoms with van der Waals surface area (Å²) in [5, 5.41) is 12.3. The SMILES string of the molecule is CCc1nnc2n1N[C@@H](c1ccc(OC)c(Cl)c1)[C@@H](C(=O)Nc1cc(C)ccc1C)S2. The Morgan fingerprint density at radius 2 is 2.06 bits per heavy atom. The lowest BCUT2D eigenvalue weighted by molar-refractivity contribution is -0.116. The maximum Gasteiger partial charge on any atom is 0.240 e. The number of nitrogens with zero attached hydrogens (tertiary/aromatic N) is 3. The molecule has 0 spiro atoms. The third kappa shape index (κ3) is 4.22. The highest BCUT2D eigenvalue weighted by molar-refractivity contribution is 8.00. The van der Waals surface area contributed by atoms with E-state index in [-0.39, 0.29) is 11.9 Å². The molecule has 31 heavy (non-hydrogen) atoms. The summed E-state index contributed by atoms with van der Waals surface area (Å²) in [5.41, 5.74) is 7.20. The number of nitrogens with one attached hydrogen (secondary N) is 2. The Bertz CT molecular complexity index is 1130. The molecular weight excluding hydrogens is 434 g/mol. The van der Waals surface area contributed by atoms with Crippen LogP contribution in [0.25, 0.3) is 0 Å². The minimum atomic E-state index is -0.481. The number of hydrogen-bond acceptors (Lipinski definition) is 6. The van der Waals surface area contributed by atoms with Crippen molar-refractivity contribution in [2.24, 2.45) is 0 Å². The number of halogens is 1. The lowest BCUT2D eigenvalue weighted by Crippen LogP contribution is -2.41. The molecule has 0 fully saturated rings. The molecule has 2 heterocycles. The summed E-state index contributed by atoms with van der Waals surface area (Å²) in [6.07, 6.45) is 0.718. The van der Waals surface area contributed by atoms with Crippen LogP contribution in [-0.4, -0.2) is 33.1 Å². The van der Waals surface area contributed by atoms with Gasteiger partial charge in [-0.3, -0.25) is 4.79 Å². The Morgan fingerprint density at radius 1 is 1.26 bits per heavy atom. The van der Waals surface area contributed by atoms with Crippen LogP contribution < -0.4 is 15.5 Å². The van der Waals surface area contributed by atoms with Gasteiger partial charge in [-0.25, -0.2) is 4.68 Å². The summed E-state index contributed by atoms with van der Waals surface area (Å²) in [4.78, 5) is 13.4. The fraction of sp³-hybridized carbons (Fsp3) is 0.318. The third-order valence-corrected chi connectivity index (χ3v) is 6.77. The van der Waals surface area contributed by atoms with Gasteiger partial charge in [-0.2, -0.15) is 0 Å². The zero-order chi connectivity index (χ0) is 22.1. The lowest BCUT2D eigenvalue weighted by atomic mass is 10.0. The summed E-state index contributed by atoms with van der Waals surface area (Å²) in [6.45, 7) is 6.00. The van der Waals surface area contributed by atoms with E-state index in [2.05, 4.69) is 20.9 Å². The molecule has 162 valence electrons. The van der Waals surface area contributed by atoms with Crippen LogP contribution >= 0.6 is 23.4 Å². The van der Waals surface area contributed by atoms with E-state index in [1.165, 1.54) is 11.8 Å². The highest BCUT2D eigenvalue weighted by atomic mass is 35.5. The largest absolute Gasteiger partial charge is 0.495 e. The Labute approximate surface area is 190 Å². The van der Waals surface area contributed by atoms with E-state index in [1.807, 2.05) is 61.8 Å². The highest BCUT2D eigenvalue weighted by Crippen LogP contribution is 2.39. The number of amides is 1. The Kier molecular flexibility index (Phi) is 6.11. The second-order valence-electron chi connectivity index (χ2n) is 7.43. The molecule has 0 radical (unpaired) electrons. The van der Waals surface area contributed by atoms with Crippen LogP contribution in [0, 0.1) is 13.8 Å². The van der Waals surface area contributed by atoms with Crippen LogP contribution in [0.4, 0.5) is 5.69 Å². The van der Waals surface area contributed by atoms with E-state index < -0.39 is 5.25 Å². The molecule has 2 aromatic carbocycles. The van der Waals surface area contributed by atoms with Gasteiger partial charge >= 0.3 is 0 Å². The number of aryl methyl sites for hydroxylation is 3. The molecule has 4 rings (SSSR count).